The maximum absolute atomic E-state index is 4.56. The third-order valence-corrected chi connectivity index (χ3v) is 4.66. The fourth-order valence-corrected chi connectivity index (χ4v) is 3.35. The molecule has 0 saturated heterocycles. The summed E-state index contributed by atoms with van der Waals surface area (Å²) in [7, 11) is 2.01. The van der Waals surface area contributed by atoms with Crippen molar-refractivity contribution in [1.29, 1.82) is 0 Å². The molecule has 0 aliphatic rings. The van der Waals surface area contributed by atoms with E-state index >= 15 is 0 Å². The Balaban J connectivity index is 2.03. The molecule has 3 aromatic rings. The molecule has 0 aliphatic carbocycles. The molecular weight excluding hydrogens is 314 g/mol. The number of aryl methyl sites for hydroxylation is 3. The van der Waals surface area contributed by atoms with E-state index in [1.165, 1.54) is 22.2 Å². The van der Waals surface area contributed by atoms with Gasteiger partial charge in [-0.2, -0.15) is 5.10 Å². The summed E-state index contributed by atoms with van der Waals surface area (Å²) in [5.41, 5.74) is 4.89. The van der Waals surface area contributed by atoms with Crippen molar-refractivity contribution in [3.05, 3.63) is 51.9 Å². The maximum Gasteiger partial charge on any atom is 0.0767 e. The predicted octanol–water partition coefficient (Wildman–Crippen LogP) is 4.06. The van der Waals surface area contributed by atoms with Crippen LogP contribution in [0.25, 0.3) is 10.9 Å². The van der Waals surface area contributed by atoms with Gasteiger partial charge in [0, 0.05) is 18.8 Å². The maximum atomic E-state index is 4.56. The first-order chi connectivity index (χ1) is 9.60. The molecule has 0 aliphatic heterocycles. The van der Waals surface area contributed by atoms with Gasteiger partial charge in [-0.05, 0) is 52.9 Å². The molecule has 0 atom stereocenters. The molecule has 1 aromatic carbocycles. The fourth-order valence-electron chi connectivity index (χ4n) is 2.61. The van der Waals surface area contributed by atoms with Crippen molar-refractivity contribution < 1.29 is 0 Å². The largest absolute Gasteiger partial charge is 0.341 e. The lowest BCUT2D eigenvalue weighted by atomic mass is 10.2. The molecule has 0 N–H and O–H groups in total. The van der Waals surface area contributed by atoms with Gasteiger partial charge >= 0.3 is 0 Å². The number of nitrogens with zero attached hydrogens (tertiary/aromatic N) is 3. The molecule has 3 nitrogen and oxygen atoms in total. The van der Waals surface area contributed by atoms with Gasteiger partial charge in [0.1, 0.15) is 0 Å². The summed E-state index contributed by atoms with van der Waals surface area (Å²) in [5, 5.41) is 5.85. The third-order valence-electron chi connectivity index (χ3n) is 3.75. The molecule has 0 unspecified atom stereocenters. The summed E-state index contributed by atoms with van der Waals surface area (Å²) in [6.45, 7) is 5.09. The van der Waals surface area contributed by atoms with Crippen molar-refractivity contribution in [1.82, 2.24) is 14.3 Å². The number of aromatic nitrogens is 3. The number of hydrogen-bond acceptors (Lipinski definition) is 1. The Morgan fingerprint density at radius 1 is 1.25 bits per heavy atom. The van der Waals surface area contributed by atoms with E-state index in [1.54, 1.807) is 0 Å². The lowest BCUT2D eigenvalue weighted by molar-refractivity contribution is 0.668. The fraction of sp³-hybridized carbons (Fsp3) is 0.312. The second-order valence-corrected chi connectivity index (χ2v) is 5.98. The van der Waals surface area contributed by atoms with Crippen molar-refractivity contribution in [3.8, 4) is 0 Å². The Morgan fingerprint density at radius 2 is 2.05 bits per heavy atom. The average Bonchev–Trinajstić information content (AvgIpc) is 2.94. The summed E-state index contributed by atoms with van der Waals surface area (Å²) < 4.78 is 5.38. The van der Waals surface area contributed by atoms with Crippen LogP contribution >= 0.6 is 15.9 Å². The molecule has 20 heavy (non-hydrogen) atoms. The Labute approximate surface area is 127 Å². The molecule has 0 fully saturated rings. The van der Waals surface area contributed by atoms with Crippen LogP contribution in [0.5, 0.6) is 0 Å². The molecule has 0 radical (unpaired) electrons. The normalized spacial score (nSPS) is 11.4. The molecule has 104 valence electrons. The van der Waals surface area contributed by atoms with Crippen LogP contribution in [0.4, 0.5) is 0 Å². The van der Waals surface area contributed by atoms with Gasteiger partial charge in [0.25, 0.3) is 0 Å². The number of hydrogen-bond donors (Lipinski definition) is 0. The Hall–Kier alpha value is -1.55. The highest BCUT2D eigenvalue weighted by molar-refractivity contribution is 9.10. The second-order valence-electron chi connectivity index (χ2n) is 5.19. The lowest BCUT2D eigenvalue weighted by Gasteiger charge is -2.07. The van der Waals surface area contributed by atoms with E-state index in [2.05, 4.69) is 69.9 Å². The molecule has 0 amide bonds. The summed E-state index contributed by atoms with van der Waals surface area (Å²) >= 11 is 3.69. The highest BCUT2D eigenvalue weighted by Crippen LogP contribution is 2.24. The zero-order valence-electron chi connectivity index (χ0n) is 12.0. The van der Waals surface area contributed by atoms with Crippen molar-refractivity contribution in [2.45, 2.75) is 26.8 Å². The van der Waals surface area contributed by atoms with Gasteiger partial charge in [0.05, 0.1) is 22.4 Å². The van der Waals surface area contributed by atoms with Gasteiger partial charge in [-0.1, -0.05) is 18.6 Å². The van der Waals surface area contributed by atoms with Crippen LogP contribution in [0, 0.1) is 6.92 Å². The molecule has 0 saturated carbocycles. The summed E-state index contributed by atoms with van der Waals surface area (Å²) in [4.78, 5) is 0. The molecule has 2 heterocycles. The second kappa shape index (κ2) is 5.09. The minimum atomic E-state index is 0.830. The van der Waals surface area contributed by atoms with Crippen LogP contribution in [0.1, 0.15) is 23.9 Å². The predicted molar refractivity (Wildman–Crippen MR) is 86.1 cm³/mol. The number of benzene rings is 1. The Morgan fingerprint density at radius 3 is 2.75 bits per heavy atom. The highest BCUT2D eigenvalue weighted by atomic mass is 79.9. The monoisotopic (exact) mass is 331 g/mol. The molecular formula is C16H18BrN3. The minimum Gasteiger partial charge on any atom is -0.341 e. The number of fused-ring (bicyclic) bond motifs is 1. The van der Waals surface area contributed by atoms with E-state index in [1.807, 2.05) is 11.7 Å². The van der Waals surface area contributed by atoms with Gasteiger partial charge < -0.3 is 4.57 Å². The van der Waals surface area contributed by atoms with Gasteiger partial charge in [0.15, 0.2) is 0 Å². The van der Waals surface area contributed by atoms with E-state index in [4.69, 9.17) is 0 Å². The first-order valence-electron chi connectivity index (χ1n) is 6.86. The van der Waals surface area contributed by atoms with Gasteiger partial charge in [0.2, 0.25) is 0 Å². The quantitative estimate of drug-likeness (QED) is 0.709. The molecule has 2 aromatic heterocycles. The standard InChI is InChI=1S/C16H18BrN3/c1-4-13-16(17)15(19(3)18-13)10-20-8-7-12-9-11(2)5-6-14(12)20/h5-9H,4,10H2,1-3H3. The van der Waals surface area contributed by atoms with Crippen molar-refractivity contribution >= 4 is 26.8 Å². The summed E-state index contributed by atoms with van der Waals surface area (Å²) in [6, 6.07) is 8.75. The molecule has 3 rings (SSSR count). The summed E-state index contributed by atoms with van der Waals surface area (Å²) in [6.07, 6.45) is 3.09. The van der Waals surface area contributed by atoms with Crippen LogP contribution in [0.3, 0.4) is 0 Å². The number of rotatable bonds is 3. The average molecular weight is 332 g/mol. The van der Waals surface area contributed by atoms with Gasteiger partial charge in [-0.25, -0.2) is 0 Å². The van der Waals surface area contributed by atoms with Crippen molar-refractivity contribution in [2.75, 3.05) is 0 Å². The summed E-state index contributed by atoms with van der Waals surface area (Å²) in [5.74, 6) is 0. The smallest absolute Gasteiger partial charge is 0.0767 e. The Bertz CT molecular complexity index is 767. The van der Waals surface area contributed by atoms with Crippen LogP contribution in [0.2, 0.25) is 0 Å². The highest BCUT2D eigenvalue weighted by Gasteiger charge is 2.13. The third kappa shape index (κ3) is 2.18. The lowest BCUT2D eigenvalue weighted by Crippen LogP contribution is -2.05. The van der Waals surface area contributed by atoms with Crippen LogP contribution in [0.15, 0.2) is 34.9 Å². The van der Waals surface area contributed by atoms with E-state index in [0.29, 0.717) is 0 Å². The Kier molecular flexibility index (Phi) is 3.42. The first-order valence-corrected chi connectivity index (χ1v) is 7.65. The topological polar surface area (TPSA) is 22.8 Å². The molecule has 0 spiro atoms. The zero-order chi connectivity index (χ0) is 14.3. The van der Waals surface area contributed by atoms with E-state index in [-0.39, 0.29) is 0 Å². The van der Waals surface area contributed by atoms with Crippen LogP contribution in [-0.4, -0.2) is 14.3 Å². The van der Waals surface area contributed by atoms with Gasteiger partial charge in [-0.15, -0.1) is 0 Å². The molecule has 0 bridgehead atoms. The zero-order valence-corrected chi connectivity index (χ0v) is 13.6. The minimum absolute atomic E-state index is 0.830. The van der Waals surface area contributed by atoms with Crippen LogP contribution in [-0.2, 0) is 20.0 Å². The molecule has 4 heteroatoms. The van der Waals surface area contributed by atoms with E-state index in [0.717, 1.165) is 23.1 Å². The van der Waals surface area contributed by atoms with Crippen molar-refractivity contribution in [2.24, 2.45) is 7.05 Å². The van der Waals surface area contributed by atoms with Crippen molar-refractivity contribution in [3.63, 3.8) is 0 Å². The first kappa shape index (κ1) is 13.4. The SMILES string of the molecule is CCc1nn(C)c(Cn2ccc3cc(C)ccc32)c1Br. The van der Waals surface area contributed by atoms with Gasteiger partial charge in [-0.3, -0.25) is 4.68 Å². The van der Waals surface area contributed by atoms with E-state index in [9.17, 15) is 0 Å². The van der Waals surface area contributed by atoms with Crippen LogP contribution < -0.4 is 0 Å². The number of halogens is 1. The van der Waals surface area contributed by atoms with E-state index < -0.39 is 0 Å².